The molecule has 0 fully saturated rings. The molecule has 0 atom stereocenters. The van der Waals surface area contributed by atoms with E-state index in [9.17, 15) is 0 Å². The lowest BCUT2D eigenvalue weighted by atomic mass is 10.3. The van der Waals surface area contributed by atoms with Crippen molar-refractivity contribution in [3.05, 3.63) is 24.0 Å². The monoisotopic (exact) mass is 283 g/mol. The first-order valence-electron chi connectivity index (χ1n) is 6.17. The molecule has 0 radical (unpaired) electrons. The summed E-state index contributed by atoms with van der Waals surface area (Å²) in [5.41, 5.74) is 7.21. The summed E-state index contributed by atoms with van der Waals surface area (Å²) in [6.07, 6.45) is 2.74. The smallest absolute Gasteiger partial charge is 0.122 e. The number of methoxy groups -OCH3 is 2. The Morgan fingerprint density at radius 2 is 2.00 bits per heavy atom. The highest BCUT2D eigenvalue weighted by Crippen LogP contribution is 2.13. The molecule has 0 aliphatic carbocycles. The van der Waals surface area contributed by atoms with Crippen molar-refractivity contribution in [2.75, 3.05) is 45.4 Å². The summed E-state index contributed by atoms with van der Waals surface area (Å²) in [6.45, 7) is 3.12. The topological polar surface area (TPSA) is 60.6 Å². The van der Waals surface area contributed by atoms with Crippen molar-refractivity contribution >= 4 is 22.9 Å². The summed E-state index contributed by atoms with van der Waals surface area (Å²) in [6, 6.07) is 3.82. The maximum atomic E-state index is 5.54. The number of nitrogens with two attached hydrogens (primary N) is 1. The van der Waals surface area contributed by atoms with E-state index in [1.165, 1.54) is 0 Å². The first-order chi connectivity index (χ1) is 9.19. The van der Waals surface area contributed by atoms with Gasteiger partial charge in [0.15, 0.2) is 0 Å². The zero-order valence-electron chi connectivity index (χ0n) is 11.5. The van der Waals surface area contributed by atoms with Crippen LogP contribution < -0.4 is 10.6 Å². The van der Waals surface area contributed by atoms with Crippen LogP contribution in [0.25, 0.3) is 0 Å². The molecule has 0 spiro atoms. The van der Waals surface area contributed by atoms with E-state index in [-0.39, 0.29) is 0 Å². The van der Waals surface area contributed by atoms with Gasteiger partial charge < -0.3 is 20.1 Å². The fraction of sp³-hybridized carbons (Fsp3) is 0.538. The van der Waals surface area contributed by atoms with Crippen LogP contribution in [-0.2, 0) is 9.47 Å². The lowest BCUT2D eigenvalue weighted by molar-refractivity contribution is 0.191. The molecule has 0 aliphatic heterocycles. The second-order valence-electron chi connectivity index (χ2n) is 4.09. The molecular formula is C13H21N3O2S. The molecule has 0 aliphatic rings. The highest BCUT2D eigenvalue weighted by atomic mass is 32.1. The summed E-state index contributed by atoms with van der Waals surface area (Å²) in [5.74, 6) is 0. The van der Waals surface area contributed by atoms with Crippen molar-refractivity contribution in [3.8, 4) is 0 Å². The molecule has 0 amide bonds. The van der Waals surface area contributed by atoms with E-state index >= 15 is 0 Å². The fourth-order valence-corrected chi connectivity index (χ4v) is 1.81. The third kappa shape index (κ3) is 5.50. The predicted molar refractivity (Wildman–Crippen MR) is 80.7 cm³/mol. The second-order valence-corrected chi connectivity index (χ2v) is 4.53. The third-order valence-corrected chi connectivity index (χ3v) is 2.92. The van der Waals surface area contributed by atoms with Gasteiger partial charge in [-0.15, -0.1) is 0 Å². The van der Waals surface area contributed by atoms with E-state index in [1.807, 2.05) is 12.1 Å². The average Bonchev–Trinajstić information content (AvgIpc) is 2.43. The molecule has 0 saturated carbocycles. The van der Waals surface area contributed by atoms with Crippen LogP contribution in [0.1, 0.15) is 12.1 Å². The zero-order valence-corrected chi connectivity index (χ0v) is 12.3. The number of hydrogen-bond donors (Lipinski definition) is 1. The van der Waals surface area contributed by atoms with E-state index in [1.54, 1.807) is 20.4 Å². The van der Waals surface area contributed by atoms with E-state index < -0.39 is 0 Å². The molecule has 6 heteroatoms. The zero-order chi connectivity index (χ0) is 14.1. The van der Waals surface area contributed by atoms with Crippen LogP contribution in [0.3, 0.4) is 0 Å². The average molecular weight is 283 g/mol. The number of pyridine rings is 1. The summed E-state index contributed by atoms with van der Waals surface area (Å²) < 4.78 is 10.2. The molecule has 2 N–H and O–H groups in total. The van der Waals surface area contributed by atoms with Crippen LogP contribution >= 0.6 is 12.2 Å². The largest absolute Gasteiger partial charge is 0.388 e. The van der Waals surface area contributed by atoms with Gasteiger partial charge in [0.25, 0.3) is 0 Å². The molecule has 1 aromatic rings. The maximum absolute atomic E-state index is 5.54. The molecule has 1 rings (SSSR count). The standard InChI is InChI=1S/C13H21N3O2S/c1-17-8-3-6-16(7-9-18-2)11-4-5-12(13(14)19)15-10-11/h4-5,10H,3,6-9H2,1-2H3,(H2,14,19). The number of rotatable bonds is 9. The van der Waals surface area contributed by atoms with Crippen LogP contribution in [0.15, 0.2) is 18.3 Å². The Balaban J connectivity index is 2.68. The SMILES string of the molecule is COCCCN(CCOC)c1ccc(C(N)=S)nc1. The number of hydrogen-bond acceptors (Lipinski definition) is 5. The van der Waals surface area contributed by atoms with Crippen LogP contribution in [-0.4, -0.2) is 50.5 Å². The minimum absolute atomic E-state index is 0.314. The van der Waals surface area contributed by atoms with Gasteiger partial charge in [-0.05, 0) is 18.6 Å². The molecule has 0 bridgehead atoms. The number of thiocarbonyl (C=S) groups is 1. The number of nitrogens with zero attached hydrogens (tertiary/aromatic N) is 2. The summed E-state index contributed by atoms with van der Waals surface area (Å²) in [5, 5.41) is 0. The van der Waals surface area contributed by atoms with Gasteiger partial charge in [0.2, 0.25) is 0 Å². The third-order valence-electron chi connectivity index (χ3n) is 2.71. The van der Waals surface area contributed by atoms with E-state index in [2.05, 4.69) is 9.88 Å². The molecule has 5 nitrogen and oxygen atoms in total. The Kier molecular flexibility index (Phi) is 7.32. The van der Waals surface area contributed by atoms with Gasteiger partial charge in [-0.2, -0.15) is 0 Å². The second kappa shape index (κ2) is 8.79. The molecular weight excluding hydrogens is 262 g/mol. The van der Waals surface area contributed by atoms with Crippen molar-refractivity contribution in [1.82, 2.24) is 4.98 Å². The van der Waals surface area contributed by atoms with Gasteiger partial charge in [0.05, 0.1) is 24.2 Å². The van der Waals surface area contributed by atoms with Crippen molar-refractivity contribution in [3.63, 3.8) is 0 Å². The van der Waals surface area contributed by atoms with Gasteiger partial charge in [-0.3, -0.25) is 4.98 Å². The van der Waals surface area contributed by atoms with Crippen molar-refractivity contribution < 1.29 is 9.47 Å². The van der Waals surface area contributed by atoms with Gasteiger partial charge in [0.1, 0.15) is 4.99 Å². The van der Waals surface area contributed by atoms with Crippen LogP contribution in [0.4, 0.5) is 5.69 Å². The van der Waals surface area contributed by atoms with E-state index in [4.69, 9.17) is 27.4 Å². The van der Waals surface area contributed by atoms with Crippen molar-refractivity contribution in [1.29, 1.82) is 0 Å². The van der Waals surface area contributed by atoms with Crippen LogP contribution in [0.5, 0.6) is 0 Å². The van der Waals surface area contributed by atoms with Gasteiger partial charge >= 0.3 is 0 Å². The molecule has 0 saturated heterocycles. The predicted octanol–water partition coefficient (Wildman–Crippen LogP) is 1.21. The summed E-state index contributed by atoms with van der Waals surface area (Å²) in [4.78, 5) is 6.78. The van der Waals surface area contributed by atoms with Gasteiger partial charge in [-0.1, -0.05) is 12.2 Å². The first kappa shape index (κ1) is 15.8. The van der Waals surface area contributed by atoms with Crippen LogP contribution in [0, 0.1) is 0 Å². The summed E-state index contributed by atoms with van der Waals surface area (Å²) in [7, 11) is 3.40. The number of anilines is 1. The van der Waals surface area contributed by atoms with Crippen molar-refractivity contribution in [2.24, 2.45) is 5.73 Å². The lowest BCUT2D eigenvalue weighted by Crippen LogP contribution is -2.29. The highest BCUT2D eigenvalue weighted by molar-refractivity contribution is 7.80. The van der Waals surface area contributed by atoms with Crippen LogP contribution in [0.2, 0.25) is 0 Å². The Bertz CT molecular complexity index is 384. The Morgan fingerprint density at radius 1 is 1.26 bits per heavy atom. The lowest BCUT2D eigenvalue weighted by Gasteiger charge is -2.24. The molecule has 0 unspecified atom stereocenters. The normalized spacial score (nSPS) is 10.4. The van der Waals surface area contributed by atoms with Gasteiger partial charge in [0, 0.05) is 33.9 Å². The minimum Gasteiger partial charge on any atom is -0.388 e. The molecule has 19 heavy (non-hydrogen) atoms. The van der Waals surface area contributed by atoms with E-state index in [0.717, 1.165) is 31.8 Å². The Morgan fingerprint density at radius 3 is 2.53 bits per heavy atom. The number of ether oxygens (including phenoxy) is 2. The maximum Gasteiger partial charge on any atom is 0.122 e. The first-order valence-corrected chi connectivity index (χ1v) is 6.58. The molecule has 1 heterocycles. The molecule has 106 valence electrons. The van der Waals surface area contributed by atoms with E-state index in [0.29, 0.717) is 17.3 Å². The highest BCUT2D eigenvalue weighted by Gasteiger charge is 2.07. The molecule has 0 aromatic carbocycles. The minimum atomic E-state index is 0.314. The number of aromatic nitrogens is 1. The quantitative estimate of drug-likeness (QED) is 0.543. The Labute approximate surface area is 119 Å². The Hall–Kier alpha value is -1.24. The van der Waals surface area contributed by atoms with Gasteiger partial charge in [-0.25, -0.2) is 0 Å². The fourth-order valence-electron chi connectivity index (χ4n) is 1.69. The summed E-state index contributed by atoms with van der Waals surface area (Å²) >= 11 is 4.89. The van der Waals surface area contributed by atoms with Crippen molar-refractivity contribution in [2.45, 2.75) is 6.42 Å². The molecule has 1 aromatic heterocycles.